The summed E-state index contributed by atoms with van der Waals surface area (Å²) in [4.78, 5) is 14.0. The van der Waals surface area contributed by atoms with E-state index in [-0.39, 0.29) is 5.75 Å². The minimum Gasteiger partial charge on any atom is -0.495 e. The maximum atomic E-state index is 12.7. The first kappa shape index (κ1) is 14.0. The Morgan fingerprint density at radius 3 is 2.50 bits per heavy atom. The van der Waals surface area contributed by atoms with Gasteiger partial charge < -0.3 is 14.6 Å². The summed E-state index contributed by atoms with van der Waals surface area (Å²) in [6, 6.07) is 0. The van der Waals surface area contributed by atoms with Crippen LogP contribution in [0.5, 0.6) is 11.6 Å². The Balaban J connectivity index is 3.39. The van der Waals surface area contributed by atoms with Gasteiger partial charge in [-0.3, -0.25) is 0 Å². The minimum absolute atomic E-state index is 0.274. The fraction of sp³-hybridized carbons (Fsp3) is 0.333. The number of carboxylic acid groups (broad SMARTS) is 1. The Kier molecular flexibility index (Phi) is 3.94. The molecule has 0 aliphatic carbocycles. The summed E-state index contributed by atoms with van der Waals surface area (Å²) >= 11 is 0. The second-order valence-corrected chi connectivity index (χ2v) is 2.97. The van der Waals surface area contributed by atoms with Gasteiger partial charge >= 0.3 is 12.3 Å². The number of halogens is 4. The fourth-order valence-corrected chi connectivity index (χ4v) is 1.23. The maximum absolute atomic E-state index is 12.7. The van der Waals surface area contributed by atoms with Gasteiger partial charge in [0.25, 0.3) is 0 Å². The monoisotopic (exact) mass is 269 g/mol. The predicted octanol–water partition coefficient (Wildman–Crippen LogP) is 2.16. The number of alkyl halides is 4. The van der Waals surface area contributed by atoms with E-state index < -0.39 is 36.0 Å². The Morgan fingerprint density at radius 1 is 1.50 bits per heavy atom. The van der Waals surface area contributed by atoms with Crippen LogP contribution < -0.4 is 9.47 Å². The number of rotatable bonds is 4. The third-order valence-corrected chi connectivity index (χ3v) is 1.89. The molecular formula is C9H7F4NO4. The van der Waals surface area contributed by atoms with Gasteiger partial charge in [-0.05, 0) is 0 Å². The number of hydrogen-bond donors (Lipinski definition) is 1. The lowest BCUT2D eigenvalue weighted by Crippen LogP contribution is -2.21. The maximum Gasteiger partial charge on any atom is 0.574 e. The van der Waals surface area contributed by atoms with Crippen LogP contribution >= 0.6 is 0 Å². The van der Waals surface area contributed by atoms with Crippen molar-refractivity contribution in [3.05, 3.63) is 17.3 Å². The Bertz CT molecular complexity index is 461. The van der Waals surface area contributed by atoms with Crippen molar-refractivity contribution < 1.29 is 36.9 Å². The van der Waals surface area contributed by atoms with E-state index in [2.05, 4.69) is 14.5 Å². The average Bonchev–Trinajstić information content (AvgIpc) is 2.25. The molecule has 0 saturated carbocycles. The lowest BCUT2D eigenvalue weighted by molar-refractivity contribution is -0.276. The van der Waals surface area contributed by atoms with Gasteiger partial charge in [0.2, 0.25) is 5.88 Å². The van der Waals surface area contributed by atoms with Crippen molar-refractivity contribution in [1.82, 2.24) is 4.98 Å². The molecule has 0 atom stereocenters. The average molecular weight is 269 g/mol. The minimum atomic E-state index is -5.13. The zero-order valence-electron chi connectivity index (χ0n) is 8.92. The molecule has 1 heterocycles. The number of hydrogen-bond acceptors (Lipinski definition) is 4. The molecule has 1 aromatic heterocycles. The molecular weight excluding hydrogens is 262 g/mol. The number of nitrogens with zero attached hydrogens (tertiary/aromatic N) is 1. The predicted molar refractivity (Wildman–Crippen MR) is 49.2 cm³/mol. The standard InChI is InChI=1S/C9H7F4NO4/c1-17-5-3-14-7(18-9(11,12)13)6(8(15)16)4(5)2-10/h3H,2H2,1H3,(H,15,16). The number of ether oxygens (including phenoxy) is 2. The van der Waals surface area contributed by atoms with E-state index >= 15 is 0 Å². The van der Waals surface area contributed by atoms with Gasteiger partial charge in [-0.2, -0.15) is 0 Å². The van der Waals surface area contributed by atoms with Crippen LogP contribution in [-0.4, -0.2) is 29.5 Å². The van der Waals surface area contributed by atoms with Crippen molar-refractivity contribution in [2.24, 2.45) is 0 Å². The molecule has 1 aromatic rings. The number of aromatic nitrogens is 1. The van der Waals surface area contributed by atoms with Crippen LogP contribution in [-0.2, 0) is 6.67 Å². The van der Waals surface area contributed by atoms with E-state index in [0.29, 0.717) is 0 Å². The molecule has 0 aromatic carbocycles. The summed E-state index contributed by atoms with van der Waals surface area (Å²) in [5, 5.41) is 8.78. The summed E-state index contributed by atoms with van der Waals surface area (Å²) in [5.74, 6) is -3.30. The molecule has 0 radical (unpaired) electrons. The van der Waals surface area contributed by atoms with Crippen molar-refractivity contribution >= 4 is 5.97 Å². The van der Waals surface area contributed by atoms with Crippen LogP contribution in [0.25, 0.3) is 0 Å². The number of aromatic carboxylic acids is 1. The van der Waals surface area contributed by atoms with Crippen molar-refractivity contribution in [2.45, 2.75) is 13.0 Å². The second kappa shape index (κ2) is 5.07. The van der Waals surface area contributed by atoms with Crippen LogP contribution in [0.3, 0.4) is 0 Å². The molecule has 18 heavy (non-hydrogen) atoms. The molecule has 0 bridgehead atoms. The third-order valence-electron chi connectivity index (χ3n) is 1.89. The van der Waals surface area contributed by atoms with Crippen LogP contribution in [0, 0.1) is 0 Å². The molecule has 1 rings (SSSR count). The SMILES string of the molecule is COc1cnc(OC(F)(F)F)c(C(=O)O)c1CF. The Labute approximate surface area is 98.0 Å². The summed E-state index contributed by atoms with van der Waals surface area (Å²) in [7, 11) is 1.10. The highest BCUT2D eigenvalue weighted by Crippen LogP contribution is 2.32. The molecule has 1 N–H and O–H groups in total. The van der Waals surface area contributed by atoms with Crippen molar-refractivity contribution in [2.75, 3.05) is 7.11 Å². The first-order valence-corrected chi connectivity index (χ1v) is 4.41. The van der Waals surface area contributed by atoms with Crippen LogP contribution in [0.4, 0.5) is 17.6 Å². The summed E-state index contributed by atoms with van der Waals surface area (Å²) in [6.45, 7) is -1.33. The number of carboxylic acids is 1. The Hall–Kier alpha value is -2.06. The topological polar surface area (TPSA) is 68.7 Å². The highest BCUT2D eigenvalue weighted by Gasteiger charge is 2.35. The summed E-state index contributed by atoms with van der Waals surface area (Å²) in [5.41, 5.74) is -1.59. The quantitative estimate of drug-likeness (QED) is 0.848. The van der Waals surface area contributed by atoms with Crippen LogP contribution in [0.2, 0.25) is 0 Å². The largest absolute Gasteiger partial charge is 0.574 e. The first-order chi connectivity index (χ1) is 8.30. The highest BCUT2D eigenvalue weighted by molar-refractivity contribution is 5.92. The lowest BCUT2D eigenvalue weighted by atomic mass is 10.1. The number of methoxy groups -OCH3 is 1. The van der Waals surface area contributed by atoms with Gasteiger partial charge in [-0.1, -0.05) is 0 Å². The summed E-state index contributed by atoms with van der Waals surface area (Å²) < 4.78 is 56.8. The van der Waals surface area contributed by atoms with E-state index in [4.69, 9.17) is 5.11 Å². The third kappa shape index (κ3) is 2.99. The first-order valence-electron chi connectivity index (χ1n) is 4.41. The molecule has 0 fully saturated rings. The van der Waals surface area contributed by atoms with Gasteiger partial charge in [0.15, 0.2) is 0 Å². The highest BCUT2D eigenvalue weighted by atomic mass is 19.4. The van der Waals surface area contributed by atoms with Gasteiger partial charge in [0.05, 0.1) is 13.3 Å². The molecule has 5 nitrogen and oxygen atoms in total. The molecule has 100 valence electrons. The van der Waals surface area contributed by atoms with E-state index in [1.54, 1.807) is 0 Å². The zero-order valence-corrected chi connectivity index (χ0v) is 8.92. The van der Waals surface area contributed by atoms with Crippen molar-refractivity contribution in [3.8, 4) is 11.6 Å². The van der Waals surface area contributed by atoms with Crippen LogP contribution in [0.15, 0.2) is 6.20 Å². The number of pyridine rings is 1. The molecule has 0 aliphatic heterocycles. The van der Waals surface area contributed by atoms with Crippen molar-refractivity contribution in [3.63, 3.8) is 0 Å². The van der Waals surface area contributed by atoms with Crippen LogP contribution in [0.1, 0.15) is 15.9 Å². The molecule has 9 heteroatoms. The molecule has 0 saturated heterocycles. The molecule has 0 aliphatic rings. The van der Waals surface area contributed by atoms with E-state index in [1.165, 1.54) is 0 Å². The molecule has 0 unspecified atom stereocenters. The fourth-order valence-electron chi connectivity index (χ4n) is 1.23. The summed E-state index contributed by atoms with van der Waals surface area (Å²) in [6.07, 6.45) is -4.37. The molecule has 0 amide bonds. The van der Waals surface area contributed by atoms with E-state index in [9.17, 15) is 22.4 Å². The smallest absolute Gasteiger partial charge is 0.495 e. The second-order valence-electron chi connectivity index (χ2n) is 2.97. The van der Waals surface area contributed by atoms with Gasteiger partial charge in [0, 0.05) is 5.56 Å². The number of carbonyl (C=O) groups is 1. The zero-order chi connectivity index (χ0) is 13.9. The normalized spacial score (nSPS) is 11.2. The van der Waals surface area contributed by atoms with Gasteiger partial charge in [-0.15, -0.1) is 13.2 Å². The molecule has 0 spiro atoms. The van der Waals surface area contributed by atoms with E-state index in [0.717, 1.165) is 13.3 Å². The van der Waals surface area contributed by atoms with Gasteiger partial charge in [-0.25, -0.2) is 14.2 Å². The van der Waals surface area contributed by atoms with Crippen molar-refractivity contribution in [1.29, 1.82) is 0 Å². The van der Waals surface area contributed by atoms with E-state index in [1.807, 2.05) is 0 Å². The lowest BCUT2D eigenvalue weighted by Gasteiger charge is -2.14. The van der Waals surface area contributed by atoms with Gasteiger partial charge in [0.1, 0.15) is 18.0 Å². The Morgan fingerprint density at radius 2 is 2.11 bits per heavy atom.